The third kappa shape index (κ3) is 5.34. The maximum Gasteiger partial charge on any atom is 0.237 e. The minimum atomic E-state index is -0.0595. The maximum absolute atomic E-state index is 13.0. The van der Waals surface area contributed by atoms with Crippen LogP contribution in [-0.4, -0.2) is 45.7 Å². The highest BCUT2D eigenvalue weighted by atomic mass is 32.2. The third-order valence-corrected chi connectivity index (χ3v) is 6.83. The highest BCUT2D eigenvalue weighted by Gasteiger charge is 2.23. The fraction of sp³-hybridized carbons (Fsp3) is 0.364. The first kappa shape index (κ1) is 21.6. The number of nitriles is 1. The van der Waals surface area contributed by atoms with E-state index in [2.05, 4.69) is 20.8 Å². The summed E-state index contributed by atoms with van der Waals surface area (Å²) in [5.74, 6) is 0.967. The Kier molecular flexibility index (Phi) is 7.35. The molecule has 1 aliphatic heterocycles. The molecule has 0 unspecified atom stereocenters. The molecule has 31 heavy (non-hydrogen) atoms. The van der Waals surface area contributed by atoms with Crippen molar-refractivity contribution >= 4 is 34.7 Å². The van der Waals surface area contributed by atoms with Crippen molar-refractivity contribution in [3.05, 3.63) is 47.8 Å². The van der Waals surface area contributed by atoms with Gasteiger partial charge in [-0.1, -0.05) is 36.0 Å². The number of thiophene rings is 1. The monoisotopic (exact) mass is 453 g/mol. The first-order chi connectivity index (χ1) is 15.3. The second kappa shape index (κ2) is 10.6. The Morgan fingerprint density at radius 2 is 2.16 bits per heavy atom. The Balaban J connectivity index is 1.51. The van der Waals surface area contributed by atoms with Crippen molar-refractivity contribution in [1.82, 2.24) is 14.8 Å². The van der Waals surface area contributed by atoms with Gasteiger partial charge in [-0.2, -0.15) is 5.26 Å². The fourth-order valence-corrected chi connectivity index (χ4v) is 5.05. The molecule has 1 atom stereocenters. The lowest BCUT2D eigenvalue weighted by Gasteiger charge is -2.21. The molecule has 1 aromatic carbocycles. The molecule has 0 spiro atoms. The molecule has 1 aliphatic rings. The number of thioether (sulfide) groups is 1. The van der Waals surface area contributed by atoms with Gasteiger partial charge in [0.15, 0.2) is 11.0 Å². The van der Waals surface area contributed by atoms with Crippen LogP contribution in [0, 0.1) is 11.3 Å². The van der Waals surface area contributed by atoms with Gasteiger partial charge >= 0.3 is 0 Å². The van der Waals surface area contributed by atoms with Gasteiger partial charge < -0.3 is 9.64 Å². The molecule has 4 rings (SSSR count). The van der Waals surface area contributed by atoms with Crippen molar-refractivity contribution in [2.45, 2.75) is 37.1 Å². The van der Waals surface area contributed by atoms with E-state index in [1.165, 1.54) is 11.8 Å². The van der Waals surface area contributed by atoms with Crippen LogP contribution in [0.4, 0.5) is 5.69 Å². The van der Waals surface area contributed by atoms with Gasteiger partial charge in [-0.15, -0.1) is 21.5 Å². The predicted octanol–water partition coefficient (Wildman–Crippen LogP) is 4.22. The van der Waals surface area contributed by atoms with Crippen LogP contribution in [0.3, 0.4) is 0 Å². The smallest absolute Gasteiger partial charge is 0.237 e. The standard InChI is InChI=1S/C22H23N5O2S2/c23-11-6-12-26(17-7-2-1-3-8-17)20(28)16-31-22-25-24-21(19-10-5-14-30-19)27(22)15-18-9-4-13-29-18/h1-3,5,7-8,10,14,18H,4,6,9,12-13,15-16H2/t18-/m0/s1. The van der Waals surface area contributed by atoms with Gasteiger partial charge in [-0.3, -0.25) is 9.36 Å². The van der Waals surface area contributed by atoms with Crippen LogP contribution in [0.2, 0.25) is 0 Å². The number of anilines is 1. The number of hydrogen-bond acceptors (Lipinski definition) is 7. The maximum atomic E-state index is 13.0. The summed E-state index contributed by atoms with van der Waals surface area (Å²) in [5, 5.41) is 20.5. The van der Waals surface area contributed by atoms with E-state index in [1.807, 2.05) is 47.8 Å². The highest BCUT2D eigenvalue weighted by molar-refractivity contribution is 7.99. The zero-order valence-electron chi connectivity index (χ0n) is 17.0. The summed E-state index contributed by atoms with van der Waals surface area (Å²) in [4.78, 5) is 15.7. The number of aromatic nitrogens is 3. The summed E-state index contributed by atoms with van der Waals surface area (Å²) in [5.41, 5.74) is 0.795. The molecule has 7 nitrogen and oxygen atoms in total. The predicted molar refractivity (Wildman–Crippen MR) is 122 cm³/mol. The first-order valence-electron chi connectivity index (χ1n) is 10.2. The van der Waals surface area contributed by atoms with Gasteiger partial charge in [-0.05, 0) is 36.4 Å². The molecule has 1 amide bonds. The summed E-state index contributed by atoms with van der Waals surface area (Å²) in [6.07, 6.45) is 2.50. The highest BCUT2D eigenvalue weighted by Crippen LogP contribution is 2.29. The van der Waals surface area contributed by atoms with Crippen molar-refractivity contribution in [1.29, 1.82) is 5.26 Å². The van der Waals surface area contributed by atoms with E-state index in [-0.39, 0.29) is 24.2 Å². The molecule has 0 aliphatic carbocycles. The summed E-state index contributed by atoms with van der Waals surface area (Å²) in [6.45, 7) is 1.82. The molecular weight excluding hydrogens is 430 g/mol. The quantitative estimate of drug-likeness (QED) is 0.451. The second-order valence-electron chi connectivity index (χ2n) is 7.11. The number of rotatable bonds is 9. The van der Waals surface area contributed by atoms with E-state index in [0.717, 1.165) is 35.8 Å². The third-order valence-electron chi connectivity index (χ3n) is 5.01. The molecule has 0 saturated carbocycles. The van der Waals surface area contributed by atoms with Crippen molar-refractivity contribution in [3.63, 3.8) is 0 Å². The summed E-state index contributed by atoms with van der Waals surface area (Å²) in [7, 11) is 0. The number of carbonyl (C=O) groups is 1. The minimum Gasteiger partial charge on any atom is -0.376 e. The van der Waals surface area contributed by atoms with E-state index < -0.39 is 0 Å². The molecule has 2 aromatic heterocycles. The van der Waals surface area contributed by atoms with Gasteiger partial charge in [0, 0.05) is 18.8 Å². The van der Waals surface area contributed by atoms with Crippen LogP contribution >= 0.6 is 23.1 Å². The van der Waals surface area contributed by atoms with Crippen molar-refractivity contribution in [2.75, 3.05) is 23.8 Å². The Labute approximate surface area is 189 Å². The van der Waals surface area contributed by atoms with E-state index in [1.54, 1.807) is 16.2 Å². The molecule has 0 bridgehead atoms. The van der Waals surface area contributed by atoms with Crippen molar-refractivity contribution < 1.29 is 9.53 Å². The molecule has 9 heteroatoms. The number of amides is 1. The Morgan fingerprint density at radius 3 is 2.87 bits per heavy atom. The van der Waals surface area contributed by atoms with Gasteiger partial charge in [0.05, 0.1) is 35.8 Å². The van der Waals surface area contributed by atoms with Crippen LogP contribution in [0.5, 0.6) is 0 Å². The molecule has 0 radical (unpaired) electrons. The number of ether oxygens (including phenoxy) is 1. The van der Waals surface area contributed by atoms with Crippen LogP contribution < -0.4 is 4.90 Å². The Hall–Kier alpha value is -2.67. The van der Waals surface area contributed by atoms with E-state index >= 15 is 0 Å². The molecule has 1 fully saturated rings. The minimum absolute atomic E-state index is 0.0595. The molecule has 1 saturated heterocycles. The molecule has 0 N–H and O–H groups in total. The van der Waals surface area contributed by atoms with Crippen LogP contribution in [-0.2, 0) is 16.1 Å². The zero-order valence-corrected chi connectivity index (χ0v) is 18.6. The van der Waals surface area contributed by atoms with Crippen LogP contribution in [0.25, 0.3) is 10.7 Å². The number of carbonyl (C=O) groups excluding carboxylic acids is 1. The SMILES string of the molecule is N#CCCN(C(=O)CSc1nnc(-c2cccs2)n1C[C@@H]1CCCO1)c1ccccc1. The van der Waals surface area contributed by atoms with Crippen LogP contribution in [0.1, 0.15) is 19.3 Å². The lowest BCUT2D eigenvalue weighted by Crippen LogP contribution is -2.33. The van der Waals surface area contributed by atoms with E-state index in [0.29, 0.717) is 18.2 Å². The number of para-hydroxylation sites is 1. The molecule has 3 aromatic rings. The average Bonchev–Trinajstić information content (AvgIpc) is 3.56. The van der Waals surface area contributed by atoms with Gasteiger partial charge in [0.2, 0.25) is 5.91 Å². The van der Waals surface area contributed by atoms with Gasteiger partial charge in [0.25, 0.3) is 0 Å². The van der Waals surface area contributed by atoms with Gasteiger partial charge in [0.1, 0.15) is 0 Å². The first-order valence-corrected chi connectivity index (χ1v) is 12.1. The van der Waals surface area contributed by atoms with Crippen molar-refractivity contribution in [2.24, 2.45) is 0 Å². The Morgan fingerprint density at radius 1 is 1.29 bits per heavy atom. The van der Waals surface area contributed by atoms with E-state index in [4.69, 9.17) is 10.00 Å². The lowest BCUT2D eigenvalue weighted by molar-refractivity contribution is -0.116. The zero-order chi connectivity index (χ0) is 21.5. The normalized spacial score (nSPS) is 15.6. The number of nitrogens with zero attached hydrogens (tertiary/aromatic N) is 5. The fourth-order valence-electron chi connectivity index (χ4n) is 3.51. The summed E-state index contributed by atoms with van der Waals surface area (Å²) in [6, 6.07) is 15.6. The lowest BCUT2D eigenvalue weighted by atomic mass is 10.2. The van der Waals surface area contributed by atoms with E-state index in [9.17, 15) is 4.79 Å². The van der Waals surface area contributed by atoms with Crippen LogP contribution in [0.15, 0.2) is 53.0 Å². The van der Waals surface area contributed by atoms with Crippen molar-refractivity contribution in [3.8, 4) is 16.8 Å². The topological polar surface area (TPSA) is 84.0 Å². The second-order valence-corrected chi connectivity index (χ2v) is 9.00. The largest absolute Gasteiger partial charge is 0.376 e. The van der Waals surface area contributed by atoms with Gasteiger partial charge in [-0.25, -0.2) is 0 Å². The molecule has 3 heterocycles. The average molecular weight is 454 g/mol. The molecule has 160 valence electrons. The Bertz CT molecular complexity index is 1020. The number of hydrogen-bond donors (Lipinski definition) is 0. The summed E-state index contributed by atoms with van der Waals surface area (Å²) < 4.78 is 7.90. The molecular formula is C22H23N5O2S2. The summed E-state index contributed by atoms with van der Waals surface area (Å²) >= 11 is 3.00. The number of benzene rings is 1.